The highest BCUT2D eigenvalue weighted by molar-refractivity contribution is 5.94. The summed E-state index contributed by atoms with van der Waals surface area (Å²) in [6.07, 6.45) is 3.97. The molecular weight excluding hydrogens is 340 g/mol. The van der Waals surface area contributed by atoms with Gasteiger partial charge in [0.1, 0.15) is 0 Å². The van der Waals surface area contributed by atoms with Gasteiger partial charge in [-0.05, 0) is 42.7 Å². The second-order valence-corrected chi connectivity index (χ2v) is 8.50. The van der Waals surface area contributed by atoms with Crippen LogP contribution in [0.2, 0.25) is 0 Å². The topological polar surface area (TPSA) is 49.9 Å². The molecule has 1 aliphatic carbocycles. The van der Waals surface area contributed by atoms with E-state index in [0.29, 0.717) is 12.8 Å². The number of para-hydroxylation sites is 1. The van der Waals surface area contributed by atoms with Crippen molar-refractivity contribution < 1.29 is 14.3 Å². The number of esters is 1. The van der Waals surface area contributed by atoms with Crippen molar-refractivity contribution in [1.29, 1.82) is 0 Å². The summed E-state index contributed by atoms with van der Waals surface area (Å²) in [6.45, 7) is 2.98. The van der Waals surface area contributed by atoms with E-state index < -0.39 is 0 Å². The van der Waals surface area contributed by atoms with Crippen LogP contribution in [-0.4, -0.2) is 43.5 Å². The van der Waals surface area contributed by atoms with Gasteiger partial charge in [0, 0.05) is 31.4 Å². The minimum atomic E-state index is -0.292. The molecule has 0 unspecified atom stereocenters. The van der Waals surface area contributed by atoms with Crippen molar-refractivity contribution in [3.05, 3.63) is 41.1 Å². The van der Waals surface area contributed by atoms with Crippen LogP contribution in [-0.2, 0) is 19.7 Å². The quantitative estimate of drug-likeness (QED) is 0.755. The Bertz CT molecular complexity index is 891. The highest BCUT2D eigenvalue weighted by atomic mass is 16.5. The van der Waals surface area contributed by atoms with Gasteiger partial charge in [-0.25, -0.2) is 4.79 Å². The molecule has 27 heavy (non-hydrogen) atoms. The third-order valence-electron chi connectivity index (χ3n) is 7.72. The third kappa shape index (κ3) is 1.80. The predicted molar refractivity (Wildman–Crippen MR) is 102 cm³/mol. The van der Waals surface area contributed by atoms with Crippen LogP contribution in [0.5, 0.6) is 0 Å². The molecule has 4 aliphatic rings. The first-order valence-corrected chi connectivity index (χ1v) is 9.95. The number of piperidine rings is 1. The molecule has 0 saturated carbocycles. The number of hydrogen-bond acceptors (Lipinski definition) is 4. The van der Waals surface area contributed by atoms with Crippen LogP contribution in [0.1, 0.15) is 44.6 Å². The van der Waals surface area contributed by atoms with E-state index in [1.54, 1.807) is 0 Å². The highest BCUT2D eigenvalue weighted by Crippen LogP contribution is 2.66. The van der Waals surface area contributed by atoms with Crippen LogP contribution >= 0.6 is 0 Å². The molecule has 0 bridgehead atoms. The van der Waals surface area contributed by atoms with E-state index in [4.69, 9.17) is 4.74 Å². The van der Waals surface area contributed by atoms with Gasteiger partial charge >= 0.3 is 5.97 Å². The molecule has 3 atom stereocenters. The summed E-state index contributed by atoms with van der Waals surface area (Å²) in [5.74, 6) is 0.0551. The van der Waals surface area contributed by atoms with Gasteiger partial charge < -0.3 is 14.5 Å². The number of carbonyl (C=O) groups is 2. The molecule has 3 heterocycles. The van der Waals surface area contributed by atoms with Gasteiger partial charge in [-0.1, -0.05) is 25.1 Å². The fourth-order valence-electron chi connectivity index (χ4n) is 6.69. The second-order valence-electron chi connectivity index (χ2n) is 8.50. The highest BCUT2D eigenvalue weighted by Gasteiger charge is 2.68. The zero-order valence-corrected chi connectivity index (χ0v) is 16.2. The maximum atomic E-state index is 12.9. The number of nitrogens with zero attached hydrogens (tertiary/aromatic N) is 2. The molecular formula is C22H26N2O3. The number of amides is 1. The molecule has 0 aromatic heterocycles. The van der Waals surface area contributed by atoms with E-state index in [0.717, 1.165) is 42.8 Å². The van der Waals surface area contributed by atoms with E-state index in [2.05, 4.69) is 42.0 Å². The first-order valence-electron chi connectivity index (χ1n) is 9.95. The molecule has 1 amide bonds. The number of carbonyl (C=O) groups excluding carboxylic acids is 2. The van der Waals surface area contributed by atoms with Crippen LogP contribution in [0.15, 0.2) is 35.5 Å². The molecule has 5 nitrogen and oxygen atoms in total. The zero-order valence-electron chi connectivity index (χ0n) is 16.2. The second kappa shape index (κ2) is 5.37. The SMILES string of the molecule is CC[C@]12CCC(=O)N3CC[C@]4(C(=C(C(=O)OC)C1)N(C)c1ccccc14)[C@@H]32. The van der Waals surface area contributed by atoms with Gasteiger partial charge in [-0.2, -0.15) is 0 Å². The summed E-state index contributed by atoms with van der Waals surface area (Å²) in [5, 5.41) is 0. The van der Waals surface area contributed by atoms with Crippen LogP contribution in [0.3, 0.4) is 0 Å². The lowest BCUT2D eigenvalue weighted by molar-refractivity contribution is -0.144. The molecule has 0 radical (unpaired) electrons. The van der Waals surface area contributed by atoms with E-state index in [-0.39, 0.29) is 28.7 Å². The third-order valence-corrected chi connectivity index (χ3v) is 7.72. The van der Waals surface area contributed by atoms with Gasteiger partial charge in [0.25, 0.3) is 0 Å². The minimum absolute atomic E-state index is 0.0598. The van der Waals surface area contributed by atoms with E-state index in [1.165, 1.54) is 12.7 Å². The molecule has 1 aromatic rings. The lowest BCUT2D eigenvalue weighted by Gasteiger charge is -2.56. The average Bonchev–Trinajstić information content (AvgIpc) is 3.22. The van der Waals surface area contributed by atoms with Crippen molar-refractivity contribution in [2.75, 3.05) is 25.6 Å². The van der Waals surface area contributed by atoms with E-state index in [1.807, 2.05) is 6.07 Å². The molecule has 3 aliphatic heterocycles. The summed E-state index contributed by atoms with van der Waals surface area (Å²) in [4.78, 5) is 30.0. The lowest BCUT2D eigenvalue weighted by atomic mass is 9.53. The van der Waals surface area contributed by atoms with Crippen LogP contribution in [0, 0.1) is 5.41 Å². The Morgan fingerprint density at radius 1 is 1.30 bits per heavy atom. The molecule has 1 spiro atoms. The molecule has 5 heteroatoms. The summed E-state index contributed by atoms with van der Waals surface area (Å²) in [6, 6.07) is 8.59. The Balaban J connectivity index is 1.86. The fraction of sp³-hybridized carbons (Fsp3) is 0.545. The number of benzene rings is 1. The van der Waals surface area contributed by atoms with Gasteiger partial charge in [-0.3, -0.25) is 4.79 Å². The largest absolute Gasteiger partial charge is 0.466 e. The summed E-state index contributed by atoms with van der Waals surface area (Å²) in [7, 11) is 3.53. The van der Waals surface area contributed by atoms with Gasteiger partial charge in [0.2, 0.25) is 5.91 Å². The van der Waals surface area contributed by atoms with Crippen LogP contribution in [0.4, 0.5) is 5.69 Å². The van der Waals surface area contributed by atoms with Crippen molar-refractivity contribution in [2.24, 2.45) is 5.41 Å². The Morgan fingerprint density at radius 3 is 2.81 bits per heavy atom. The number of hydrogen-bond donors (Lipinski definition) is 0. The first kappa shape index (κ1) is 16.8. The van der Waals surface area contributed by atoms with E-state index >= 15 is 0 Å². The smallest absolute Gasteiger partial charge is 0.335 e. The molecule has 5 rings (SSSR count). The van der Waals surface area contributed by atoms with Gasteiger partial charge in [-0.15, -0.1) is 0 Å². The molecule has 142 valence electrons. The Morgan fingerprint density at radius 2 is 2.07 bits per heavy atom. The maximum absolute atomic E-state index is 12.9. The normalized spacial score (nSPS) is 33.7. The van der Waals surface area contributed by atoms with E-state index in [9.17, 15) is 9.59 Å². The van der Waals surface area contributed by atoms with Crippen molar-refractivity contribution in [3.8, 4) is 0 Å². The Hall–Kier alpha value is -2.30. The Kier molecular flexibility index (Phi) is 3.35. The summed E-state index contributed by atoms with van der Waals surface area (Å²) >= 11 is 0. The van der Waals surface area contributed by atoms with Crippen molar-refractivity contribution in [1.82, 2.24) is 4.90 Å². The number of fused-ring (bicyclic) bond motifs is 1. The first-order chi connectivity index (χ1) is 13.0. The average molecular weight is 366 g/mol. The monoisotopic (exact) mass is 366 g/mol. The Labute approximate surface area is 160 Å². The molecule has 1 aromatic carbocycles. The molecule has 0 N–H and O–H groups in total. The van der Waals surface area contributed by atoms with Crippen LogP contribution in [0.25, 0.3) is 0 Å². The number of methoxy groups -OCH3 is 1. The van der Waals surface area contributed by atoms with Crippen molar-refractivity contribution in [2.45, 2.75) is 50.5 Å². The fourth-order valence-corrected chi connectivity index (χ4v) is 6.69. The van der Waals surface area contributed by atoms with Crippen molar-refractivity contribution >= 4 is 17.6 Å². The minimum Gasteiger partial charge on any atom is -0.466 e. The zero-order chi connectivity index (χ0) is 19.0. The van der Waals surface area contributed by atoms with Gasteiger partial charge in [0.05, 0.1) is 24.1 Å². The van der Waals surface area contributed by atoms with Gasteiger partial charge in [0.15, 0.2) is 0 Å². The number of anilines is 1. The van der Waals surface area contributed by atoms with Crippen molar-refractivity contribution in [3.63, 3.8) is 0 Å². The van der Waals surface area contributed by atoms with Crippen LogP contribution < -0.4 is 4.90 Å². The maximum Gasteiger partial charge on any atom is 0.335 e. The predicted octanol–water partition coefficient (Wildman–Crippen LogP) is 3.00. The summed E-state index contributed by atoms with van der Waals surface area (Å²) in [5.41, 5.74) is 3.95. The number of ether oxygens (including phenoxy) is 1. The number of rotatable bonds is 2. The standard InChI is InChI=1S/C22H26N2O3/c1-4-21-10-9-17(25)24-12-11-22(20(21)24)15-7-5-6-8-16(15)23(2)18(22)14(13-21)19(26)27-3/h5-8,20H,4,9-13H2,1-3H3/t20-,21-,22-/m0/s1. The molecule has 2 fully saturated rings. The summed E-state index contributed by atoms with van der Waals surface area (Å²) < 4.78 is 5.23. The number of likely N-dealkylation sites (N-methyl/N-ethyl adjacent to an activating group) is 1. The molecule has 2 saturated heterocycles. The lowest BCUT2D eigenvalue weighted by Crippen LogP contribution is -2.61.